The lowest BCUT2D eigenvalue weighted by Gasteiger charge is -2.29. The molecule has 2 nitrogen and oxygen atoms in total. The molecule has 0 aromatic rings. The average Bonchev–Trinajstić information content (AvgIpc) is 2.15. The van der Waals surface area contributed by atoms with Crippen LogP contribution in [0.2, 0.25) is 0 Å². The highest BCUT2D eigenvalue weighted by Gasteiger charge is 2.18. The molecule has 2 atom stereocenters. The standard InChI is InChI=1S/C11H24N2/c1-9(2)13-8-10(3)11-6-4-5-7-12-11/h9-13H,4-8H2,1-3H3/t10-,11+/m0/s1. The first kappa shape index (κ1) is 11.0. The molecule has 0 aliphatic carbocycles. The van der Waals surface area contributed by atoms with Crippen molar-refractivity contribution < 1.29 is 0 Å². The minimum absolute atomic E-state index is 0.617. The Morgan fingerprint density at radius 2 is 2.08 bits per heavy atom. The molecular weight excluding hydrogens is 160 g/mol. The van der Waals surface area contributed by atoms with Crippen molar-refractivity contribution in [2.75, 3.05) is 13.1 Å². The van der Waals surface area contributed by atoms with Gasteiger partial charge in [0, 0.05) is 12.1 Å². The summed E-state index contributed by atoms with van der Waals surface area (Å²) in [5.41, 5.74) is 0. The number of rotatable bonds is 4. The van der Waals surface area contributed by atoms with E-state index in [-0.39, 0.29) is 0 Å². The van der Waals surface area contributed by atoms with Gasteiger partial charge in [-0.05, 0) is 31.8 Å². The normalized spacial score (nSPS) is 26.3. The van der Waals surface area contributed by atoms with Crippen LogP contribution in [0.1, 0.15) is 40.0 Å². The van der Waals surface area contributed by atoms with Crippen molar-refractivity contribution in [2.24, 2.45) is 5.92 Å². The topological polar surface area (TPSA) is 24.1 Å². The predicted octanol–water partition coefficient (Wildman–Crippen LogP) is 1.76. The van der Waals surface area contributed by atoms with Gasteiger partial charge < -0.3 is 10.6 Å². The van der Waals surface area contributed by atoms with E-state index in [1.165, 1.54) is 25.8 Å². The summed E-state index contributed by atoms with van der Waals surface area (Å²) in [7, 11) is 0. The van der Waals surface area contributed by atoms with Crippen LogP contribution in [0.3, 0.4) is 0 Å². The summed E-state index contributed by atoms with van der Waals surface area (Å²) in [4.78, 5) is 0. The number of hydrogen-bond donors (Lipinski definition) is 2. The van der Waals surface area contributed by atoms with Crippen LogP contribution in [-0.4, -0.2) is 25.2 Å². The molecule has 0 radical (unpaired) electrons. The maximum Gasteiger partial charge on any atom is 0.0105 e. The van der Waals surface area contributed by atoms with Crippen LogP contribution in [0.4, 0.5) is 0 Å². The van der Waals surface area contributed by atoms with Gasteiger partial charge in [0.05, 0.1) is 0 Å². The van der Waals surface area contributed by atoms with Crippen molar-refractivity contribution in [3.63, 3.8) is 0 Å². The Morgan fingerprint density at radius 1 is 1.31 bits per heavy atom. The monoisotopic (exact) mass is 184 g/mol. The Bertz CT molecular complexity index is 128. The molecule has 13 heavy (non-hydrogen) atoms. The van der Waals surface area contributed by atoms with Crippen molar-refractivity contribution >= 4 is 0 Å². The zero-order chi connectivity index (χ0) is 9.68. The quantitative estimate of drug-likeness (QED) is 0.696. The third-order valence-corrected chi connectivity index (χ3v) is 2.88. The second kappa shape index (κ2) is 5.61. The van der Waals surface area contributed by atoms with Crippen molar-refractivity contribution in [1.82, 2.24) is 10.6 Å². The second-order valence-electron chi connectivity index (χ2n) is 4.60. The maximum absolute atomic E-state index is 3.60. The number of nitrogens with one attached hydrogen (secondary N) is 2. The summed E-state index contributed by atoms with van der Waals surface area (Å²) < 4.78 is 0. The van der Waals surface area contributed by atoms with Gasteiger partial charge in [0.15, 0.2) is 0 Å². The van der Waals surface area contributed by atoms with Gasteiger partial charge >= 0.3 is 0 Å². The van der Waals surface area contributed by atoms with E-state index >= 15 is 0 Å². The van der Waals surface area contributed by atoms with Crippen LogP contribution < -0.4 is 10.6 Å². The van der Waals surface area contributed by atoms with E-state index < -0.39 is 0 Å². The van der Waals surface area contributed by atoms with Crippen LogP contribution >= 0.6 is 0 Å². The van der Waals surface area contributed by atoms with Gasteiger partial charge in [0.1, 0.15) is 0 Å². The number of piperidine rings is 1. The molecule has 0 spiro atoms. The zero-order valence-corrected chi connectivity index (χ0v) is 9.27. The van der Waals surface area contributed by atoms with Crippen molar-refractivity contribution in [2.45, 2.75) is 52.1 Å². The van der Waals surface area contributed by atoms with E-state index in [2.05, 4.69) is 31.4 Å². The lowest BCUT2D eigenvalue weighted by molar-refractivity contribution is 0.297. The fourth-order valence-electron chi connectivity index (χ4n) is 1.93. The molecule has 1 heterocycles. The van der Waals surface area contributed by atoms with Crippen molar-refractivity contribution in [3.8, 4) is 0 Å². The molecular formula is C11H24N2. The highest BCUT2D eigenvalue weighted by Crippen LogP contribution is 2.14. The predicted molar refractivity (Wildman–Crippen MR) is 57.9 cm³/mol. The van der Waals surface area contributed by atoms with Crippen LogP contribution in [0, 0.1) is 5.92 Å². The van der Waals surface area contributed by atoms with Gasteiger partial charge in [-0.25, -0.2) is 0 Å². The van der Waals surface area contributed by atoms with Gasteiger partial charge in [-0.1, -0.05) is 27.2 Å². The molecule has 0 aromatic heterocycles. The Labute approximate surface area is 82.5 Å². The maximum atomic E-state index is 3.60. The molecule has 0 aromatic carbocycles. The van der Waals surface area contributed by atoms with Crippen molar-refractivity contribution in [1.29, 1.82) is 0 Å². The lowest BCUT2D eigenvalue weighted by Crippen LogP contribution is -2.43. The molecule has 78 valence electrons. The lowest BCUT2D eigenvalue weighted by atomic mass is 9.93. The van der Waals surface area contributed by atoms with Crippen LogP contribution in [0.25, 0.3) is 0 Å². The zero-order valence-electron chi connectivity index (χ0n) is 9.27. The van der Waals surface area contributed by atoms with Gasteiger partial charge in [-0.15, -0.1) is 0 Å². The fourth-order valence-corrected chi connectivity index (χ4v) is 1.93. The summed E-state index contributed by atoms with van der Waals surface area (Å²) in [6.45, 7) is 9.13. The molecule has 0 saturated carbocycles. The molecule has 1 saturated heterocycles. The van der Waals surface area contributed by atoms with E-state index in [1.807, 2.05) is 0 Å². The molecule has 1 fully saturated rings. The third-order valence-electron chi connectivity index (χ3n) is 2.88. The molecule has 1 aliphatic heterocycles. The average molecular weight is 184 g/mol. The van der Waals surface area contributed by atoms with E-state index in [0.717, 1.165) is 18.5 Å². The largest absolute Gasteiger partial charge is 0.314 e. The molecule has 2 heteroatoms. The van der Waals surface area contributed by atoms with E-state index in [1.54, 1.807) is 0 Å². The summed E-state index contributed by atoms with van der Waals surface area (Å²) >= 11 is 0. The first-order chi connectivity index (χ1) is 6.20. The van der Waals surface area contributed by atoms with Crippen LogP contribution in [0.15, 0.2) is 0 Å². The van der Waals surface area contributed by atoms with Gasteiger partial charge in [-0.3, -0.25) is 0 Å². The highest BCUT2D eigenvalue weighted by atomic mass is 15.0. The molecule has 0 bridgehead atoms. The second-order valence-corrected chi connectivity index (χ2v) is 4.60. The van der Waals surface area contributed by atoms with Crippen LogP contribution in [0.5, 0.6) is 0 Å². The van der Waals surface area contributed by atoms with Crippen molar-refractivity contribution in [3.05, 3.63) is 0 Å². The van der Waals surface area contributed by atoms with Gasteiger partial charge in [0.25, 0.3) is 0 Å². The Hall–Kier alpha value is -0.0800. The molecule has 0 amide bonds. The molecule has 1 rings (SSSR count). The van der Waals surface area contributed by atoms with Crippen LogP contribution in [-0.2, 0) is 0 Å². The first-order valence-electron chi connectivity index (χ1n) is 5.67. The molecule has 1 aliphatic rings. The van der Waals surface area contributed by atoms with Gasteiger partial charge in [0.2, 0.25) is 0 Å². The van der Waals surface area contributed by atoms with E-state index in [0.29, 0.717) is 6.04 Å². The molecule has 0 unspecified atom stereocenters. The summed E-state index contributed by atoms with van der Waals surface area (Å²) in [5.74, 6) is 0.766. The summed E-state index contributed by atoms with van der Waals surface area (Å²) in [5, 5.41) is 7.11. The summed E-state index contributed by atoms with van der Waals surface area (Å²) in [6, 6.07) is 1.37. The minimum atomic E-state index is 0.617. The molecule has 2 N–H and O–H groups in total. The minimum Gasteiger partial charge on any atom is -0.314 e. The third kappa shape index (κ3) is 4.10. The Kier molecular flexibility index (Phi) is 4.74. The number of hydrogen-bond acceptors (Lipinski definition) is 2. The fraction of sp³-hybridized carbons (Fsp3) is 1.00. The SMILES string of the molecule is CC(C)NC[C@H](C)[C@H]1CCCCN1. The highest BCUT2D eigenvalue weighted by molar-refractivity contribution is 4.78. The Morgan fingerprint density at radius 3 is 2.62 bits per heavy atom. The first-order valence-corrected chi connectivity index (χ1v) is 5.67. The van der Waals surface area contributed by atoms with E-state index in [9.17, 15) is 0 Å². The smallest absolute Gasteiger partial charge is 0.0105 e. The summed E-state index contributed by atoms with van der Waals surface area (Å²) in [6.07, 6.45) is 4.13. The van der Waals surface area contributed by atoms with E-state index in [4.69, 9.17) is 0 Å². The Balaban J connectivity index is 2.17. The van der Waals surface area contributed by atoms with Gasteiger partial charge in [-0.2, -0.15) is 0 Å².